The number of nitrogens with one attached hydrogen (secondary N) is 1. The van der Waals surface area contributed by atoms with Crippen LogP contribution in [0.4, 0.5) is 11.4 Å². The van der Waals surface area contributed by atoms with Gasteiger partial charge in [0.05, 0.1) is 16.8 Å². The summed E-state index contributed by atoms with van der Waals surface area (Å²) in [6, 6.07) is 17.8. The van der Waals surface area contributed by atoms with Gasteiger partial charge in [0.25, 0.3) is 17.7 Å². The highest BCUT2D eigenvalue weighted by atomic mass is 32.2. The van der Waals surface area contributed by atoms with E-state index in [0.717, 1.165) is 16.0 Å². The molecule has 0 saturated heterocycles. The van der Waals surface area contributed by atoms with Gasteiger partial charge in [-0.05, 0) is 79.8 Å². The molecular formula is C24H20N2O3S. The summed E-state index contributed by atoms with van der Waals surface area (Å²) in [5, 5.41) is 2.83. The van der Waals surface area contributed by atoms with Crippen LogP contribution in [0.3, 0.4) is 0 Å². The van der Waals surface area contributed by atoms with Crippen molar-refractivity contribution in [2.45, 2.75) is 18.7 Å². The normalized spacial score (nSPS) is 12.8. The van der Waals surface area contributed by atoms with Crippen LogP contribution in [0.1, 0.15) is 42.2 Å². The molecule has 1 aliphatic rings. The van der Waals surface area contributed by atoms with Gasteiger partial charge in [-0.15, -0.1) is 11.8 Å². The second kappa shape index (κ2) is 7.80. The minimum absolute atomic E-state index is 0.242. The summed E-state index contributed by atoms with van der Waals surface area (Å²) in [6.07, 6.45) is 1.98. The van der Waals surface area contributed by atoms with E-state index in [0.29, 0.717) is 22.5 Å². The Morgan fingerprint density at radius 1 is 0.867 bits per heavy atom. The Balaban J connectivity index is 1.62. The highest BCUT2D eigenvalue weighted by molar-refractivity contribution is 7.98. The fourth-order valence-corrected chi connectivity index (χ4v) is 3.85. The van der Waals surface area contributed by atoms with Crippen molar-refractivity contribution >= 4 is 40.9 Å². The monoisotopic (exact) mass is 416 g/mol. The van der Waals surface area contributed by atoms with E-state index in [1.807, 2.05) is 62.6 Å². The van der Waals surface area contributed by atoms with Crippen molar-refractivity contribution in [1.29, 1.82) is 0 Å². The average Bonchev–Trinajstić information content (AvgIpc) is 3.00. The fraction of sp³-hybridized carbons (Fsp3) is 0.125. The van der Waals surface area contributed by atoms with Gasteiger partial charge in [0, 0.05) is 16.1 Å². The van der Waals surface area contributed by atoms with Crippen LogP contribution in [0.5, 0.6) is 0 Å². The van der Waals surface area contributed by atoms with Gasteiger partial charge in [-0.2, -0.15) is 0 Å². The quantitative estimate of drug-likeness (QED) is 0.476. The standard InChI is InChI=1S/C24H20N2O3S/c1-14-4-5-15(2)21(12-14)26-23(28)19-11-6-16(13-20(19)24(26)29)22(27)25-17-7-9-18(30-3)10-8-17/h4-13H,1-3H3,(H,25,27). The first-order chi connectivity index (χ1) is 14.4. The summed E-state index contributed by atoms with van der Waals surface area (Å²) in [6.45, 7) is 3.77. The van der Waals surface area contributed by atoms with Crippen LogP contribution >= 0.6 is 11.8 Å². The lowest BCUT2D eigenvalue weighted by Gasteiger charge is -2.17. The summed E-state index contributed by atoms with van der Waals surface area (Å²) in [5.74, 6) is -1.12. The lowest BCUT2D eigenvalue weighted by Crippen LogP contribution is -2.30. The molecule has 30 heavy (non-hydrogen) atoms. The Hall–Kier alpha value is -3.38. The first-order valence-corrected chi connectivity index (χ1v) is 10.7. The molecule has 6 heteroatoms. The van der Waals surface area contributed by atoms with E-state index < -0.39 is 5.91 Å². The van der Waals surface area contributed by atoms with Gasteiger partial charge in [-0.25, -0.2) is 4.90 Å². The number of hydrogen-bond acceptors (Lipinski definition) is 4. The van der Waals surface area contributed by atoms with Crippen LogP contribution < -0.4 is 10.2 Å². The Morgan fingerprint density at radius 2 is 1.57 bits per heavy atom. The molecule has 5 nitrogen and oxygen atoms in total. The lowest BCUT2D eigenvalue weighted by molar-refractivity contribution is 0.0925. The molecule has 4 rings (SSSR count). The van der Waals surface area contributed by atoms with Crippen LogP contribution in [-0.2, 0) is 0 Å². The molecule has 0 radical (unpaired) electrons. The van der Waals surface area contributed by atoms with E-state index in [2.05, 4.69) is 5.32 Å². The van der Waals surface area contributed by atoms with Crippen molar-refractivity contribution in [2.75, 3.05) is 16.5 Å². The third-order valence-electron chi connectivity index (χ3n) is 5.10. The van der Waals surface area contributed by atoms with Crippen molar-refractivity contribution in [3.05, 3.63) is 88.5 Å². The molecule has 3 aromatic carbocycles. The number of carbonyl (C=O) groups excluding carboxylic acids is 3. The third-order valence-corrected chi connectivity index (χ3v) is 5.85. The SMILES string of the molecule is CSc1ccc(NC(=O)c2ccc3c(c2)C(=O)N(c2cc(C)ccc2C)C3=O)cc1. The maximum absolute atomic E-state index is 13.0. The molecule has 0 atom stereocenters. The zero-order valence-electron chi connectivity index (χ0n) is 16.9. The number of benzene rings is 3. The van der Waals surface area contributed by atoms with E-state index in [-0.39, 0.29) is 17.4 Å². The molecular weight excluding hydrogens is 396 g/mol. The Morgan fingerprint density at radius 3 is 2.27 bits per heavy atom. The maximum Gasteiger partial charge on any atom is 0.266 e. The molecule has 1 heterocycles. The highest BCUT2D eigenvalue weighted by Gasteiger charge is 2.37. The first kappa shape index (κ1) is 19.9. The second-order valence-electron chi connectivity index (χ2n) is 7.18. The number of aryl methyl sites for hydroxylation is 2. The van der Waals surface area contributed by atoms with Gasteiger partial charge in [0.15, 0.2) is 0 Å². The van der Waals surface area contributed by atoms with Crippen molar-refractivity contribution in [3.63, 3.8) is 0 Å². The molecule has 0 fully saturated rings. The summed E-state index contributed by atoms with van der Waals surface area (Å²) in [4.78, 5) is 40.9. The van der Waals surface area contributed by atoms with Crippen LogP contribution in [0.15, 0.2) is 65.6 Å². The zero-order chi connectivity index (χ0) is 21.4. The summed E-state index contributed by atoms with van der Waals surface area (Å²) in [7, 11) is 0. The van der Waals surface area contributed by atoms with Crippen molar-refractivity contribution in [2.24, 2.45) is 0 Å². The molecule has 0 aromatic heterocycles. The summed E-state index contributed by atoms with van der Waals surface area (Å²) in [5.41, 5.74) is 3.90. The number of nitrogens with zero attached hydrogens (tertiary/aromatic N) is 1. The average molecular weight is 417 g/mol. The molecule has 150 valence electrons. The number of fused-ring (bicyclic) bond motifs is 1. The van der Waals surface area contributed by atoms with Gasteiger partial charge >= 0.3 is 0 Å². The minimum atomic E-state index is -0.414. The Bertz CT molecular complexity index is 1190. The van der Waals surface area contributed by atoms with Crippen molar-refractivity contribution in [3.8, 4) is 0 Å². The van der Waals surface area contributed by atoms with Crippen molar-refractivity contribution in [1.82, 2.24) is 0 Å². The molecule has 0 saturated carbocycles. The molecule has 1 aliphatic heterocycles. The van der Waals surface area contributed by atoms with Gasteiger partial charge in [-0.1, -0.05) is 12.1 Å². The van der Waals surface area contributed by atoms with E-state index >= 15 is 0 Å². The predicted molar refractivity (Wildman–Crippen MR) is 120 cm³/mol. The number of rotatable bonds is 4. The number of imide groups is 1. The molecule has 3 amide bonds. The van der Waals surface area contributed by atoms with Gasteiger partial charge in [-0.3, -0.25) is 14.4 Å². The Kier molecular flexibility index (Phi) is 5.18. The largest absolute Gasteiger partial charge is 0.322 e. The van der Waals surface area contributed by atoms with Crippen LogP contribution in [-0.4, -0.2) is 24.0 Å². The first-order valence-electron chi connectivity index (χ1n) is 9.44. The van der Waals surface area contributed by atoms with E-state index in [1.54, 1.807) is 23.9 Å². The minimum Gasteiger partial charge on any atom is -0.322 e. The smallest absolute Gasteiger partial charge is 0.266 e. The number of anilines is 2. The van der Waals surface area contributed by atoms with Gasteiger partial charge < -0.3 is 5.32 Å². The number of carbonyl (C=O) groups is 3. The third kappa shape index (κ3) is 3.50. The number of amides is 3. The van der Waals surface area contributed by atoms with Crippen LogP contribution in [0.2, 0.25) is 0 Å². The van der Waals surface area contributed by atoms with Crippen LogP contribution in [0.25, 0.3) is 0 Å². The van der Waals surface area contributed by atoms with Crippen molar-refractivity contribution < 1.29 is 14.4 Å². The Labute approximate surface area is 179 Å². The number of hydrogen-bond donors (Lipinski definition) is 1. The van der Waals surface area contributed by atoms with Gasteiger partial charge in [0.2, 0.25) is 0 Å². The topological polar surface area (TPSA) is 66.5 Å². The molecule has 0 spiro atoms. The molecule has 3 aromatic rings. The molecule has 0 bridgehead atoms. The second-order valence-corrected chi connectivity index (χ2v) is 8.06. The van der Waals surface area contributed by atoms with E-state index in [4.69, 9.17) is 0 Å². The summed E-state index contributed by atoms with van der Waals surface area (Å²) < 4.78 is 0. The lowest BCUT2D eigenvalue weighted by atomic mass is 10.1. The van der Waals surface area contributed by atoms with E-state index in [1.165, 1.54) is 11.0 Å². The molecule has 0 unspecified atom stereocenters. The predicted octanol–water partition coefficient (Wildman–Crippen LogP) is 5.08. The zero-order valence-corrected chi connectivity index (χ0v) is 17.7. The van der Waals surface area contributed by atoms with Crippen LogP contribution in [0, 0.1) is 13.8 Å². The maximum atomic E-state index is 13.0. The molecule has 0 aliphatic carbocycles. The van der Waals surface area contributed by atoms with E-state index in [9.17, 15) is 14.4 Å². The fourth-order valence-electron chi connectivity index (χ4n) is 3.44. The molecule has 1 N–H and O–H groups in total. The summed E-state index contributed by atoms with van der Waals surface area (Å²) >= 11 is 1.62. The highest BCUT2D eigenvalue weighted by Crippen LogP contribution is 2.32. The number of thioether (sulfide) groups is 1. The van der Waals surface area contributed by atoms with Gasteiger partial charge in [0.1, 0.15) is 0 Å².